The van der Waals surface area contributed by atoms with Crippen LogP contribution in [0.3, 0.4) is 0 Å². The summed E-state index contributed by atoms with van der Waals surface area (Å²) in [7, 11) is 3.08. The topological polar surface area (TPSA) is 87.0 Å². The van der Waals surface area contributed by atoms with E-state index in [-0.39, 0.29) is 12.6 Å². The van der Waals surface area contributed by atoms with Crippen molar-refractivity contribution in [2.45, 2.75) is 0 Å². The van der Waals surface area contributed by atoms with Crippen molar-refractivity contribution in [3.8, 4) is 22.6 Å². The normalized spacial score (nSPS) is 11.8. The maximum atomic E-state index is 13.8. The molecule has 0 aliphatic rings. The van der Waals surface area contributed by atoms with Crippen LogP contribution in [0.2, 0.25) is 5.02 Å². The second-order valence-electron chi connectivity index (χ2n) is 7.85. The summed E-state index contributed by atoms with van der Waals surface area (Å²) in [5.74, 6) is -0.217. The highest BCUT2D eigenvalue weighted by molar-refractivity contribution is 6.30. The molecule has 0 atom stereocenters. The Morgan fingerprint density at radius 3 is 2.55 bits per heavy atom. The maximum Gasteiger partial charge on any atom is 0.293 e. The lowest BCUT2D eigenvalue weighted by Gasteiger charge is -2.15. The third kappa shape index (κ3) is 6.64. The zero-order chi connectivity index (χ0) is 26.9. The van der Waals surface area contributed by atoms with Gasteiger partial charge in [-0.3, -0.25) is 9.79 Å². The van der Waals surface area contributed by atoms with Crippen molar-refractivity contribution in [1.29, 1.82) is 0 Å². The molecule has 194 valence electrons. The Labute approximate surface area is 224 Å². The fourth-order valence-corrected chi connectivity index (χ4v) is 3.63. The molecule has 0 unspecified atom stereocenters. The summed E-state index contributed by atoms with van der Waals surface area (Å²) in [4.78, 5) is 21.5. The van der Waals surface area contributed by atoms with Gasteiger partial charge in [0.15, 0.2) is 6.79 Å². The van der Waals surface area contributed by atoms with E-state index in [9.17, 15) is 9.18 Å². The molecule has 1 aromatic heterocycles. The molecule has 10 heteroatoms. The predicted molar refractivity (Wildman–Crippen MR) is 145 cm³/mol. The number of amides is 1. The van der Waals surface area contributed by atoms with E-state index in [0.29, 0.717) is 33.5 Å². The lowest BCUT2D eigenvalue weighted by Crippen LogP contribution is -2.22. The fraction of sp³-hybridized carbons (Fsp3) is 0.107. The summed E-state index contributed by atoms with van der Waals surface area (Å²) < 4.78 is 32.0. The average Bonchev–Trinajstić information content (AvgIpc) is 3.46. The Bertz CT molecular complexity index is 1440. The van der Waals surface area contributed by atoms with Gasteiger partial charge in [-0.15, -0.1) is 0 Å². The van der Waals surface area contributed by atoms with Crippen molar-refractivity contribution in [2.24, 2.45) is 4.99 Å². The minimum absolute atomic E-state index is 0.0119. The van der Waals surface area contributed by atoms with Crippen LogP contribution in [0.15, 0.2) is 96.2 Å². The van der Waals surface area contributed by atoms with E-state index in [1.165, 1.54) is 31.8 Å². The number of carbonyl (C=O) groups excluding carboxylic acids is 1. The van der Waals surface area contributed by atoms with E-state index in [0.717, 1.165) is 5.56 Å². The lowest BCUT2D eigenvalue weighted by atomic mass is 10.0. The molecule has 38 heavy (non-hydrogen) atoms. The molecule has 4 rings (SSSR count). The Morgan fingerprint density at radius 2 is 1.89 bits per heavy atom. The standard InChI is InChI=1S/C28H24ClFN4O4/c1-31-16-25(34-14-13-32-17-34)27(28(35)33-22-8-5-20(29)6-9-22)38-23-10-3-19(4-11-23)24-12-7-21(30)15-26(24)37-18-36-2/h3-17H,18H2,1-2H3,(H,33,35)/b27-25-,31-16?. The molecule has 0 fully saturated rings. The molecule has 0 saturated heterocycles. The van der Waals surface area contributed by atoms with Crippen LogP contribution in [0.25, 0.3) is 16.8 Å². The number of halogens is 2. The first kappa shape index (κ1) is 26.6. The largest absolute Gasteiger partial charge is 0.467 e. The molecule has 1 heterocycles. The third-order valence-corrected chi connectivity index (χ3v) is 5.49. The van der Waals surface area contributed by atoms with Gasteiger partial charge in [0, 0.05) is 55.1 Å². The van der Waals surface area contributed by atoms with Gasteiger partial charge in [0.1, 0.15) is 23.0 Å². The van der Waals surface area contributed by atoms with Crippen LogP contribution in [0, 0.1) is 5.82 Å². The maximum absolute atomic E-state index is 13.8. The quantitative estimate of drug-likeness (QED) is 0.118. The summed E-state index contributed by atoms with van der Waals surface area (Å²) in [6.07, 6.45) is 6.30. The van der Waals surface area contributed by atoms with Gasteiger partial charge < -0.3 is 24.1 Å². The molecule has 0 radical (unpaired) electrons. The van der Waals surface area contributed by atoms with E-state index in [2.05, 4.69) is 15.3 Å². The van der Waals surface area contributed by atoms with Crippen molar-refractivity contribution >= 4 is 35.1 Å². The molecule has 1 N–H and O–H groups in total. The number of aromatic nitrogens is 2. The highest BCUT2D eigenvalue weighted by atomic mass is 35.5. The highest BCUT2D eigenvalue weighted by Crippen LogP contribution is 2.32. The van der Waals surface area contributed by atoms with Gasteiger partial charge in [-0.1, -0.05) is 23.7 Å². The van der Waals surface area contributed by atoms with E-state index >= 15 is 0 Å². The molecule has 0 aliphatic heterocycles. The highest BCUT2D eigenvalue weighted by Gasteiger charge is 2.20. The first-order chi connectivity index (χ1) is 18.5. The number of rotatable bonds is 10. The SMILES string of the molecule is CN=C/C(=C(/Oc1ccc(-c2ccc(F)cc2OCOC)cc1)C(=O)Nc1ccc(Cl)cc1)n1ccnc1. The molecular weight excluding hydrogens is 511 g/mol. The fourth-order valence-electron chi connectivity index (χ4n) is 3.50. The van der Waals surface area contributed by atoms with Crippen LogP contribution >= 0.6 is 11.6 Å². The Hall–Kier alpha value is -4.47. The van der Waals surface area contributed by atoms with Crippen molar-refractivity contribution < 1.29 is 23.4 Å². The van der Waals surface area contributed by atoms with Gasteiger partial charge in [-0.05, 0) is 54.1 Å². The van der Waals surface area contributed by atoms with Crippen LogP contribution in [0.5, 0.6) is 11.5 Å². The van der Waals surface area contributed by atoms with E-state index in [1.54, 1.807) is 78.6 Å². The summed E-state index contributed by atoms with van der Waals surface area (Å²) >= 11 is 5.97. The molecule has 0 spiro atoms. The molecule has 4 aromatic rings. The van der Waals surface area contributed by atoms with Crippen LogP contribution in [0.4, 0.5) is 10.1 Å². The van der Waals surface area contributed by atoms with Gasteiger partial charge in [-0.25, -0.2) is 9.37 Å². The number of imidazole rings is 1. The number of nitrogens with zero attached hydrogens (tertiary/aromatic N) is 3. The van der Waals surface area contributed by atoms with Gasteiger partial charge >= 0.3 is 0 Å². The van der Waals surface area contributed by atoms with Gasteiger partial charge in [0.25, 0.3) is 5.91 Å². The number of hydrogen-bond donors (Lipinski definition) is 1. The molecule has 1 amide bonds. The van der Waals surface area contributed by atoms with Crippen LogP contribution in [-0.4, -0.2) is 42.6 Å². The molecular formula is C28H24ClFN4O4. The number of nitrogens with one attached hydrogen (secondary N) is 1. The minimum atomic E-state index is -0.506. The van der Waals surface area contributed by atoms with Crippen LogP contribution < -0.4 is 14.8 Å². The number of methoxy groups -OCH3 is 1. The zero-order valence-electron chi connectivity index (χ0n) is 20.6. The second kappa shape index (κ2) is 12.7. The van der Waals surface area contributed by atoms with E-state index in [1.807, 2.05) is 0 Å². The van der Waals surface area contributed by atoms with E-state index < -0.39 is 11.7 Å². The van der Waals surface area contributed by atoms with Gasteiger partial charge in [0.2, 0.25) is 5.76 Å². The smallest absolute Gasteiger partial charge is 0.293 e. The summed E-state index contributed by atoms with van der Waals surface area (Å²) in [5.41, 5.74) is 2.33. The molecule has 0 saturated carbocycles. The predicted octanol–water partition coefficient (Wildman–Crippen LogP) is 5.91. The van der Waals surface area contributed by atoms with Gasteiger partial charge in [0.05, 0.1) is 6.33 Å². The number of ether oxygens (including phenoxy) is 3. The molecule has 0 aliphatic carbocycles. The molecule has 3 aromatic carbocycles. The minimum Gasteiger partial charge on any atom is -0.467 e. The number of allylic oxidation sites excluding steroid dienone is 1. The number of benzene rings is 3. The van der Waals surface area contributed by atoms with Crippen LogP contribution in [-0.2, 0) is 9.53 Å². The second-order valence-corrected chi connectivity index (χ2v) is 8.29. The number of aliphatic imine (C=N–C) groups is 1. The first-order valence-electron chi connectivity index (χ1n) is 11.4. The number of hydrogen-bond acceptors (Lipinski definition) is 6. The summed E-state index contributed by atoms with van der Waals surface area (Å²) in [5, 5.41) is 3.37. The number of anilines is 1. The van der Waals surface area contributed by atoms with Crippen LogP contribution in [0.1, 0.15) is 0 Å². The molecule has 0 bridgehead atoms. The Balaban J connectivity index is 1.67. The number of carbonyl (C=O) groups is 1. The van der Waals surface area contributed by atoms with Crippen molar-refractivity contribution in [2.75, 3.05) is 26.3 Å². The monoisotopic (exact) mass is 534 g/mol. The van der Waals surface area contributed by atoms with Crippen molar-refractivity contribution in [3.05, 3.63) is 102 Å². The lowest BCUT2D eigenvalue weighted by molar-refractivity contribution is -0.114. The van der Waals surface area contributed by atoms with Gasteiger partial charge in [-0.2, -0.15) is 0 Å². The summed E-state index contributed by atoms with van der Waals surface area (Å²) in [6, 6.07) is 17.9. The van der Waals surface area contributed by atoms with Crippen molar-refractivity contribution in [1.82, 2.24) is 9.55 Å². The summed E-state index contributed by atoms with van der Waals surface area (Å²) in [6.45, 7) is -0.0233. The Morgan fingerprint density at radius 1 is 1.13 bits per heavy atom. The third-order valence-electron chi connectivity index (χ3n) is 5.24. The zero-order valence-corrected chi connectivity index (χ0v) is 21.4. The molecule has 8 nitrogen and oxygen atoms in total. The first-order valence-corrected chi connectivity index (χ1v) is 11.8. The average molecular weight is 535 g/mol. The Kier molecular flexibility index (Phi) is 8.86. The van der Waals surface area contributed by atoms with Crippen molar-refractivity contribution in [3.63, 3.8) is 0 Å². The van der Waals surface area contributed by atoms with E-state index in [4.69, 9.17) is 25.8 Å².